The second-order valence-corrected chi connectivity index (χ2v) is 1.62. The van der Waals surface area contributed by atoms with Crippen molar-refractivity contribution in [2.75, 3.05) is 19.6 Å². The largest absolute Gasteiger partial charge is 0.304 e. The van der Waals surface area contributed by atoms with E-state index in [0.717, 1.165) is 0 Å². The van der Waals surface area contributed by atoms with E-state index in [4.69, 9.17) is 0 Å². The molecular formula is C6H15AlN. The molecule has 0 aromatic heterocycles. The van der Waals surface area contributed by atoms with E-state index in [-0.39, 0.29) is 17.4 Å². The molecule has 3 radical (unpaired) electrons. The van der Waals surface area contributed by atoms with Crippen LogP contribution in [0, 0.1) is 0 Å². The molecule has 0 amide bonds. The summed E-state index contributed by atoms with van der Waals surface area (Å²) in [6.07, 6.45) is 0. The molecule has 0 aromatic rings. The van der Waals surface area contributed by atoms with E-state index in [2.05, 4.69) is 25.7 Å². The number of nitrogens with zero attached hydrogens (tertiary/aromatic N) is 1. The first-order valence-corrected chi connectivity index (χ1v) is 3.07. The molecule has 0 unspecified atom stereocenters. The lowest BCUT2D eigenvalue weighted by atomic mass is 10.5. The second kappa shape index (κ2) is 7.49. The van der Waals surface area contributed by atoms with Crippen LogP contribution in [0.25, 0.3) is 0 Å². The fraction of sp³-hybridized carbons (Fsp3) is 1.00. The molecule has 0 aliphatic heterocycles. The molecule has 0 spiro atoms. The van der Waals surface area contributed by atoms with Crippen LogP contribution in [0.1, 0.15) is 20.8 Å². The molecule has 8 heavy (non-hydrogen) atoms. The van der Waals surface area contributed by atoms with Crippen molar-refractivity contribution >= 4 is 17.4 Å². The summed E-state index contributed by atoms with van der Waals surface area (Å²) in [7, 11) is 0. The molecule has 0 bridgehead atoms. The minimum Gasteiger partial charge on any atom is -0.304 e. The smallest absolute Gasteiger partial charge is 0 e. The summed E-state index contributed by atoms with van der Waals surface area (Å²) in [5.41, 5.74) is 0. The van der Waals surface area contributed by atoms with Crippen LogP contribution >= 0.6 is 0 Å². The minimum atomic E-state index is 0. The summed E-state index contributed by atoms with van der Waals surface area (Å²) in [5.74, 6) is 0. The molecule has 0 saturated heterocycles. The Bertz CT molecular complexity index is 30.0. The number of rotatable bonds is 3. The average Bonchev–Trinajstić information content (AvgIpc) is 1.72. The molecule has 0 heterocycles. The van der Waals surface area contributed by atoms with Gasteiger partial charge in [-0.25, -0.2) is 0 Å². The Hall–Kier alpha value is 0.492. The summed E-state index contributed by atoms with van der Waals surface area (Å²) >= 11 is 0. The highest BCUT2D eigenvalue weighted by molar-refractivity contribution is 5.75. The van der Waals surface area contributed by atoms with Gasteiger partial charge >= 0.3 is 0 Å². The van der Waals surface area contributed by atoms with Crippen LogP contribution in [0.15, 0.2) is 0 Å². The Morgan fingerprint density at radius 3 is 1.12 bits per heavy atom. The molecule has 0 aliphatic carbocycles. The predicted molar refractivity (Wildman–Crippen MR) is 39.2 cm³/mol. The summed E-state index contributed by atoms with van der Waals surface area (Å²) in [6.45, 7) is 10.1. The molecule has 0 aromatic carbocycles. The van der Waals surface area contributed by atoms with Gasteiger partial charge in [-0.3, -0.25) is 0 Å². The third kappa shape index (κ3) is 4.65. The van der Waals surface area contributed by atoms with Crippen molar-refractivity contribution < 1.29 is 0 Å². The fourth-order valence-electron chi connectivity index (χ4n) is 0.671. The Balaban J connectivity index is 0. The van der Waals surface area contributed by atoms with Crippen LogP contribution in [0.2, 0.25) is 0 Å². The van der Waals surface area contributed by atoms with Crippen LogP contribution in [0.4, 0.5) is 0 Å². The lowest BCUT2D eigenvalue weighted by Crippen LogP contribution is -2.21. The highest BCUT2D eigenvalue weighted by atomic mass is 27.0. The topological polar surface area (TPSA) is 3.24 Å². The van der Waals surface area contributed by atoms with E-state index in [9.17, 15) is 0 Å². The van der Waals surface area contributed by atoms with Gasteiger partial charge in [0, 0.05) is 17.4 Å². The van der Waals surface area contributed by atoms with Crippen molar-refractivity contribution in [2.24, 2.45) is 0 Å². The molecule has 0 fully saturated rings. The highest BCUT2D eigenvalue weighted by Gasteiger charge is 1.89. The van der Waals surface area contributed by atoms with Crippen molar-refractivity contribution in [3.8, 4) is 0 Å². The Kier molecular flexibility index (Phi) is 10.6. The maximum Gasteiger partial charge on any atom is 0 e. The number of hydrogen-bond acceptors (Lipinski definition) is 1. The molecule has 2 heteroatoms. The predicted octanol–water partition coefficient (Wildman–Crippen LogP) is 0.967. The zero-order valence-corrected chi connectivity index (χ0v) is 7.30. The van der Waals surface area contributed by atoms with Crippen LogP contribution < -0.4 is 0 Å². The lowest BCUT2D eigenvalue weighted by molar-refractivity contribution is 0.321. The van der Waals surface area contributed by atoms with Crippen molar-refractivity contribution in [1.29, 1.82) is 0 Å². The second-order valence-electron chi connectivity index (χ2n) is 1.62. The minimum absolute atomic E-state index is 0. The molecule has 1 nitrogen and oxygen atoms in total. The van der Waals surface area contributed by atoms with Crippen LogP contribution in [0.3, 0.4) is 0 Å². The van der Waals surface area contributed by atoms with Gasteiger partial charge in [0.05, 0.1) is 0 Å². The van der Waals surface area contributed by atoms with Gasteiger partial charge in [-0.15, -0.1) is 0 Å². The van der Waals surface area contributed by atoms with Gasteiger partial charge in [0.15, 0.2) is 0 Å². The van der Waals surface area contributed by atoms with E-state index in [1.54, 1.807) is 0 Å². The summed E-state index contributed by atoms with van der Waals surface area (Å²) in [4.78, 5) is 2.38. The molecule has 0 saturated carbocycles. The Morgan fingerprint density at radius 1 is 0.875 bits per heavy atom. The van der Waals surface area contributed by atoms with Crippen LogP contribution in [0.5, 0.6) is 0 Å². The zero-order valence-electron chi connectivity index (χ0n) is 6.15. The Morgan fingerprint density at radius 2 is 1.12 bits per heavy atom. The van der Waals surface area contributed by atoms with Crippen molar-refractivity contribution in [1.82, 2.24) is 4.90 Å². The van der Waals surface area contributed by atoms with E-state index in [1.807, 2.05) is 0 Å². The first-order valence-electron chi connectivity index (χ1n) is 3.07. The van der Waals surface area contributed by atoms with Gasteiger partial charge < -0.3 is 4.90 Å². The molecule has 47 valence electrons. The monoisotopic (exact) mass is 128 g/mol. The van der Waals surface area contributed by atoms with Crippen LogP contribution in [-0.4, -0.2) is 41.9 Å². The standard InChI is InChI=1S/C6H15N.Al/c1-4-7(5-2)6-3;/h4-6H2,1-3H3;. The number of hydrogen-bond donors (Lipinski definition) is 0. The lowest BCUT2D eigenvalue weighted by Gasteiger charge is -2.13. The van der Waals surface area contributed by atoms with E-state index in [1.165, 1.54) is 19.6 Å². The fourth-order valence-corrected chi connectivity index (χ4v) is 0.671. The maximum absolute atomic E-state index is 2.38. The Labute approximate surface area is 63.2 Å². The normalized spacial score (nSPS) is 9.00. The SMILES string of the molecule is CCN(CC)CC.[Al]. The first-order chi connectivity index (χ1) is 3.35. The first kappa shape index (κ1) is 11.3. The van der Waals surface area contributed by atoms with Gasteiger partial charge in [0.25, 0.3) is 0 Å². The zero-order chi connectivity index (χ0) is 5.70. The molecular weight excluding hydrogens is 113 g/mol. The quantitative estimate of drug-likeness (QED) is 0.512. The summed E-state index contributed by atoms with van der Waals surface area (Å²) in [6, 6.07) is 0. The van der Waals surface area contributed by atoms with E-state index >= 15 is 0 Å². The molecule has 0 rings (SSSR count). The molecule has 0 N–H and O–H groups in total. The van der Waals surface area contributed by atoms with E-state index < -0.39 is 0 Å². The van der Waals surface area contributed by atoms with Gasteiger partial charge in [0.2, 0.25) is 0 Å². The van der Waals surface area contributed by atoms with Crippen molar-refractivity contribution in [2.45, 2.75) is 20.8 Å². The van der Waals surface area contributed by atoms with Crippen LogP contribution in [-0.2, 0) is 0 Å². The summed E-state index contributed by atoms with van der Waals surface area (Å²) in [5, 5.41) is 0. The van der Waals surface area contributed by atoms with E-state index in [0.29, 0.717) is 0 Å². The average molecular weight is 128 g/mol. The third-order valence-electron chi connectivity index (χ3n) is 1.34. The van der Waals surface area contributed by atoms with Gasteiger partial charge in [-0.05, 0) is 19.6 Å². The summed E-state index contributed by atoms with van der Waals surface area (Å²) < 4.78 is 0. The van der Waals surface area contributed by atoms with Gasteiger partial charge in [0.1, 0.15) is 0 Å². The van der Waals surface area contributed by atoms with Gasteiger partial charge in [-0.2, -0.15) is 0 Å². The van der Waals surface area contributed by atoms with Crippen molar-refractivity contribution in [3.05, 3.63) is 0 Å². The maximum atomic E-state index is 2.38. The third-order valence-corrected chi connectivity index (χ3v) is 1.34. The highest BCUT2D eigenvalue weighted by Crippen LogP contribution is 1.81. The molecule has 0 atom stereocenters. The van der Waals surface area contributed by atoms with Gasteiger partial charge in [-0.1, -0.05) is 20.8 Å². The van der Waals surface area contributed by atoms with Crippen molar-refractivity contribution in [3.63, 3.8) is 0 Å². The molecule has 0 aliphatic rings.